The quantitative estimate of drug-likeness (QED) is 0.294. The summed E-state index contributed by atoms with van der Waals surface area (Å²) >= 11 is 2.79. The Kier molecular flexibility index (Phi) is 8.52. The molecule has 1 saturated heterocycles. The summed E-state index contributed by atoms with van der Waals surface area (Å²) in [7, 11) is 1.92. The fourth-order valence-corrected chi connectivity index (χ4v) is 6.75. The number of carbonyl (C=O) groups is 2. The van der Waals surface area contributed by atoms with Crippen LogP contribution >= 0.6 is 23.5 Å². The van der Waals surface area contributed by atoms with Crippen LogP contribution in [0.25, 0.3) is 0 Å². The Morgan fingerprint density at radius 3 is 2.61 bits per heavy atom. The fourth-order valence-electron chi connectivity index (χ4n) is 4.38. The highest BCUT2D eigenvalue weighted by atomic mass is 32.2. The molecule has 2 aliphatic rings. The van der Waals surface area contributed by atoms with E-state index >= 15 is 0 Å². The van der Waals surface area contributed by atoms with Gasteiger partial charge in [0, 0.05) is 24.2 Å². The molecule has 9 nitrogen and oxygen atoms in total. The van der Waals surface area contributed by atoms with E-state index in [0.717, 1.165) is 26.9 Å². The molecular weight excluding hydrogens is 557 g/mol. The molecule has 3 aromatic rings. The summed E-state index contributed by atoms with van der Waals surface area (Å²) in [4.78, 5) is 36.0. The van der Waals surface area contributed by atoms with Gasteiger partial charge in [0.05, 0.1) is 46.9 Å². The zero-order valence-electron chi connectivity index (χ0n) is 22.8. The molecule has 2 N–H and O–H groups in total. The summed E-state index contributed by atoms with van der Waals surface area (Å²) in [6, 6.07) is 22.9. The van der Waals surface area contributed by atoms with E-state index in [1.165, 1.54) is 23.5 Å². The van der Waals surface area contributed by atoms with Crippen LogP contribution < -0.4 is 15.5 Å². The molecule has 0 atom stereocenters. The van der Waals surface area contributed by atoms with Crippen LogP contribution in [0.4, 0.5) is 27.5 Å². The monoisotopic (exact) mass is 584 g/mol. The maximum Gasteiger partial charge on any atom is 0.411 e. The largest absolute Gasteiger partial charge is 0.450 e. The van der Waals surface area contributed by atoms with Crippen LogP contribution in [0.2, 0.25) is 0 Å². The molecule has 0 radical (unpaired) electrons. The van der Waals surface area contributed by atoms with E-state index in [1.54, 1.807) is 24.0 Å². The Morgan fingerprint density at radius 2 is 1.88 bits per heavy atom. The van der Waals surface area contributed by atoms with Crippen molar-refractivity contribution < 1.29 is 14.3 Å². The van der Waals surface area contributed by atoms with Crippen LogP contribution in [0.15, 0.2) is 86.6 Å². The number of nitrogens with one attached hydrogen (secondary N) is 2. The molecule has 5 rings (SSSR count). The summed E-state index contributed by atoms with van der Waals surface area (Å²) in [5.74, 6) is -0.147. The summed E-state index contributed by atoms with van der Waals surface area (Å²) < 4.78 is 5.00. The molecule has 3 aromatic carbocycles. The van der Waals surface area contributed by atoms with Crippen LogP contribution in [0.5, 0.6) is 0 Å². The number of nitrogens with zero attached hydrogens (tertiary/aromatic N) is 4. The topological polar surface area (TPSA) is 110 Å². The molecule has 11 heteroatoms. The van der Waals surface area contributed by atoms with Crippen molar-refractivity contribution in [1.82, 2.24) is 4.90 Å². The second-order valence-electron chi connectivity index (χ2n) is 9.07. The van der Waals surface area contributed by atoms with Crippen molar-refractivity contribution >= 4 is 63.4 Å². The number of nitriles is 1. The first-order valence-corrected chi connectivity index (χ1v) is 14.7. The molecule has 2 aliphatic heterocycles. The van der Waals surface area contributed by atoms with Crippen LogP contribution in [0.1, 0.15) is 25.0 Å². The Balaban J connectivity index is 1.53. The lowest BCUT2D eigenvalue weighted by Gasteiger charge is -2.17. The number of amides is 2. The maximum absolute atomic E-state index is 14.0. The Labute approximate surface area is 247 Å². The van der Waals surface area contributed by atoms with Gasteiger partial charge < -0.3 is 15.0 Å². The molecular formula is C30H28N6O3S2. The predicted molar refractivity (Wildman–Crippen MR) is 165 cm³/mol. The predicted octanol–water partition coefficient (Wildman–Crippen LogP) is 6.73. The third-order valence-corrected chi connectivity index (χ3v) is 8.72. The number of anilines is 3. The standard InChI is InChI=1S/C30H28N6O3S2/c1-4-32-22-13-11-20(17-31)15-23(22)34-29-36(18-19-9-7-6-8-10-19)27(37)26(41-29)28-35(3)24-14-12-21(16-25(24)40-28)33-30(38)39-5-2/h6-16,32H,4-5,18H2,1-3H3,(H,33,38)/b28-26-,34-29?. The molecule has 0 saturated carbocycles. The van der Waals surface area contributed by atoms with E-state index in [4.69, 9.17) is 9.73 Å². The van der Waals surface area contributed by atoms with Crippen molar-refractivity contribution in [3.05, 3.63) is 87.8 Å². The number of ether oxygens (including phenoxy) is 1. The third kappa shape index (κ3) is 6.04. The number of fused-ring (bicyclic) bond motifs is 1. The highest BCUT2D eigenvalue weighted by Gasteiger charge is 2.39. The molecule has 0 aliphatic carbocycles. The third-order valence-electron chi connectivity index (χ3n) is 6.31. The van der Waals surface area contributed by atoms with E-state index < -0.39 is 6.09 Å². The number of hydrogen-bond donors (Lipinski definition) is 2. The van der Waals surface area contributed by atoms with E-state index in [0.29, 0.717) is 40.1 Å². The van der Waals surface area contributed by atoms with Crippen LogP contribution in [0.3, 0.4) is 0 Å². The van der Waals surface area contributed by atoms with Gasteiger partial charge in [0.15, 0.2) is 5.17 Å². The van der Waals surface area contributed by atoms with Crippen molar-refractivity contribution in [3.63, 3.8) is 0 Å². The zero-order chi connectivity index (χ0) is 28.9. The number of rotatable bonds is 7. The van der Waals surface area contributed by atoms with Crippen molar-refractivity contribution in [1.29, 1.82) is 5.26 Å². The Hall–Kier alpha value is -4.40. The molecule has 208 valence electrons. The van der Waals surface area contributed by atoms with Gasteiger partial charge in [-0.15, -0.1) is 0 Å². The first-order valence-electron chi connectivity index (χ1n) is 13.1. The minimum absolute atomic E-state index is 0.147. The van der Waals surface area contributed by atoms with Crippen LogP contribution in [-0.4, -0.2) is 42.3 Å². The maximum atomic E-state index is 14.0. The normalized spacial score (nSPS) is 17.0. The number of aliphatic imine (C=N–C) groups is 1. The van der Waals surface area contributed by atoms with Crippen LogP contribution in [-0.2, 0) is 16.1 Å². The Bertz CT molecular complexity index is 1600. The van der Waals surface area contributed by atoms with E-state index in [-0.39, 0.29) is 12.5 Å². The number of benzene rings is 3. The van der Waals surface area contributed by atoms with Gasteiger partial charge in [0.25, 0.3) is 5.91 Å². The van der Waals surface area contributed by atoms with Gasteiger partial charge in [-0.25, -0.2) is 9.79 Å². The lowest BCUT2D eigenvalue weighted by atomic mass is 10.2. The van der Waals surface area contributed by atoms with E-state index in [1.807, 2.05) is 73.5 Å². The second kappa shape index (κ2) is 12.4. The summed E-state index contributed by atoms with van der Waals surface area (Å²) in [5.41, 5.74) is 4.38. The number of amidine groups is 1. The SMILES string of the molecule is CCNc1ccc(C#N)cc1N=C1S/C(=C2\Sc3cc(NC(=O)OCC)ccc3N2C)C(=O)N1Cc1ccccc1. The number of carbonyl (C=O) groups excluding carboxylic acids is 2. The lowest BCUT2D eigenvalue weighted by Crippen LogP contribution is -2.29. The van der Waals surface area contributed by atoms with Gasteiger partial charge >= 0.3 is 6.09 Å². The fraction of sp³-hybridized carbons (Fsp3) is 0.200. The molecule has 0 bridgehead atoms. The number of thioether (sulfide) groups is 2. The highest BCUT2D eigenvalue weighted by Crippen LogP contribution is 2.51. The first kappa shape index (κ1) is 28.1. The molecule has 1 fully saturated rings. The average Bonchev–Trinajstić information content (AvgIpc) is 3.45. The van der Waals surface area contributed by atoms with Gasteiger partial charge in [-0.05, 0) is 67.6 Å². The zero-order valence-corrected chi connectivity index (χ0v) is 24.4. The molecule has 0 aromatic heterocycles. The van der Waals surface area contributed by atoms with Crippen molar-refractivity contribution in [2.45, 2.75) is 25.3 Å². The van der Waals surface area contributed by atoms with Crippen molar-refractivity contribution in [2.24, 2.45) is 4.99 Å². The molecule has 0 spiro atoms. The van der Waals surface area contributed by atoms with Gasteiger partial charge in [-0.1, -0.05) is 42.1 Å². The van der Waals surface area contributed by atoms with Gasteiger partial charge in [-0.2, -0.15) is 5.26 Å². The molecule has 41 heavy (non-hydrogen) atoms. The minimum Gasteiger partial charge on any atom is -0.450 e. The number of hydrogen-bond acceptors (Lipinski definition) is 9. The van der Waals surface area contributed by atoms with Crippen molar-refractivity contribution in [3.8, 4) is 6.07 Å². The lowest BCUT2D eigenvalue weighted by molar-refractivity contribution is -0.122. The van der Waals surface area contributed by atoms with Gasteiger partial charge in [0.2, 0.25) is 0 Å². The van der Waals surface area contributed by atoms with Crippen molar-refractivity contribution in [2.75, 3.05) is 35.7 Å². The first-order chi connectivity index (χ1) is 19.9. The summed E-state index contributed by atoms with van der Waals surface area (Å²) in [6.07, 6.45) is -0.515. The summed E-state index contributed by atoms with van der Waals surface area (Å²) in [5, 5.41) is 16.8. The molecule has 2 amide bonds. The average molecular weight is 585 g/mol. The summed E-state index contributed by atoms with van der Waals surface area (Å²) in [6.45, 7) is 5.06. The van der Waals surface area contributed by atoms with E-state index in [9.17, 15) is 14.9 Å². The smallest absolute Gasteiger partial charge is 0.411 e. The van der Waals surface area contributed by atoms with Gasteiger partial charge in [0.1, 0.15) is 4.91 Å². The van der Waals surface area contributed by atoms with Crippen LogP contribution in [0, 0.1) is 11.3 Å². The Morgan fingerprint density at radius 1 is 1.07 bits per heavy atom. The molecule has 0 unspecified atom stereocenters. The highest BCUT2D eigenvalue weighted by molar-refractivity contribution is 8.19. The van der Waals surface area contributed by atoms with Gasteiger partial charge in [-0.3, -0.25) is 15.0 Å². The molecule has 2 heterocycles. The van der Waals surface area contributed by atoms with E-state index in [2.05, 4.69) is 16.7 Å². The second-order valence-corrected chi connectivity index (χ2v) is 11.1. The minimum atomic E-state index is -0.515.